The summed E-state index contributed by atoms with van der Waals surface area (Å²) in [7, 11) is 0. The van der Waals surface area contributed by atoms with Crippen molar-refractivity contribution >= 4 is 0 Å². The molecule has 1 saturated heterocycles. The maximum atomic E-state index is 13.1. The van der Waals surface area contributed by atoms with Crippen molar-refractivity contribution in [2.75, 3.05) is 26.2 Å². The summed E-state index contributed by atoms with van der Waals surface area (Å²) in [6.45, 7) is 1.92. The molecule has 2 nitrogen and oxygen atoms in total. The van der Waals surface area contributed by atoms with Gasteiger partial charge in [-0.15, -0.1) is 0 Å². The van der Waals surface area contributed by atoms with Crippen LogP contribution in [0, 0.1) is 5.92 Å². The molecule has 1 heterocycles. The number of nitrogens with one attached hydrogen (secondary N) is 1. The minimum absolute atomic E-state index is 0.00670. The van der Waals surface area contributed by atoms with Crippen LogP contribution in [0.15, 0.2) is 53.6 Å². The lowest BCUT2D eigenvalue weighted by Crippen LogP contribution is -2.47. The van der Waals surface area contributed by atoms with Crippen molar-refractivity contribution in [1.82, 2.24) is 10.2 Å². The van der Waals surface area contributed by atoms with E-state index in [2.05, 4.69) is 5.32 Å². The Bertz CT molecular complexity index is 705. The van der Waals surface area contributed by atoms with Crippen LogP contribution in [-0.4, -0.2) is 43.4 Å². The van der Waals surface area contributed by atoms with Crippen molar-refractivity contribution in [2.24, 2.45) is 5.92 Å². The third-order valence-electron chi connectivity index (χ3n) is 4.87. The van der Waals surface area contributed by atoms with Crippen LogP contribution in [0.2, 0.25) is 0 Å². The van der Waals surface area contributed by atoms with E-state index in [1.54, 1.807) is 0 Å². The minimum Gasteiger partial charge on any atom is -0.308 e. The molecule has 2 atom stereocenters. The van der Waals surface area contributed by atoms with Crippen molar-refractivity contribution in [1.29, 1.82) is 0 Å². The second-order valence-corrected chi connectivity index (χ2v) is 6.93. The van der Waals surface area contributed by atoms with Crippen molar-refractivity contribution in [3.8, 4) is 0 Å². The largest absolute Gasteiger partial charge is 0.416 e. The van der Waals surface area contributed by atoms with Crippen molar-refractivity contribution in [2.45, 2.75) is 24.8 Å². The highest BCUT2D eigenvalue weighted by Gasteiger charge is 2.42. The molecule has 1 fully saturated rings. The van der Waals surface area contributed by atoms with E-state index < -0.39 is 35.8 Å². The van der Waals surface area contributed by atoms with Crippen LogP contribution in [0.5, 0.6) is 0 Å². The van der Waals surface area contributed by atoms with Crippen LogP contribution >= 0.6 is 0 Å². The van der Waals surface area contributed by atoms with Gasteiger partial charge in [0.05, 0.1) is 5.57 Å². The Kier molecular flexibility index (Phi) is 5.67. The molecule has 8 heteroatoms. The van der Waals surface area contributed by atoms with Gasteiger partial charge in [-0.05, 0) is 24.0 Å². The van der Waals surface area contributed by atoms with Crippen LogP contribution < -0.4 is 5.32 Å². The van der Waals surface area contributed by atoms with Gasteiger partial charge in [0.2, 0.25) is 0 Å². The van der Waals surface area contributed by atoms with Crippen LogP contribution in [0.1, 0.15) is 18.0 Å². The molecule has 148 valence electrons. The molecule has 1 aromatic carbocycles. The Labute approximate surface area is 153 Å². The van der Waals surface area contributed by atoms with E-state index in [1.807, 2.05) is 35.2 Å². The summed E-state index contributed by atoms with van der Waals surface area (Å²) < 4.78 is 78.3. The lowest BCUT2D eigenvalue weighted by atomic mass is 9.88. The lowest BCUT2D eigenvalue weighted by Gasteiger charge is -2.36. The summed E-state index contributed by atoms with van der Waals surface area (Å²) in [5.41, 5.74) is -1.27. The van der Waals surface area contributed by atoms with E-state index in [0.29, 0.717) is 19.6 Å². The molecule has 2 aliphatic rings. The highest BCUT2D eigenvalue weighted by atomic mass is 19.4. The molecule has 0 radical (unpaired) electrons. The smallest absolute Gasteiger partial charge is 0.308 e. The first-order valence-corrected chi connectivity index (χ1v) is 8.70. The van der Waals surface area contributed by atoms with Crippen molar-refractivity contribution < 1.29 is 26.3 Å². The van der Waals surface area contributed by atoms with E-state index in [-0.39, 0.29) is 18.7 Å². The van der Waals surface area contributed by atoms with Gasteiger partial charge in [0, 0.05) is 37.8 Å². The van der Waals surface area contributed by atoms with Gasteiger partial charge >= 0.3 is 12.4 Å². The van der Waals surface area contributed by atoms with E-state index in [9.17, 15) is 26.3 Å². The minimum atomic E-state index is -4.79. The number of hydrogen-bond donors (Lipinski definition) is 1. The average Bonchev–Trinajstić information content (AvgIpc) is 2.61. The van der Waals surface area contributed by atoms with E-state index >= 15 is 0 Å². The fourth-order valence-electron chi connectivity index (χ4n) is 3.60. The van der Waals surface area contributed by atoms with Crippen LogP contribution in [-0.2, 0) is 0 Å². The van der Waals surface area contributed by atoms with Gasteiger partial charge in [0.25, 0.3) is 0 Å². The summed E-state index contributed by atoms with van der Waals surface area (Å²) in [5, 5.41) is 3.34. The molecular weight excluding hydrogens is 370 g/mol. The number of rotatable bonds is 3. The molecule has 27 heavy (non-hydrogen) atoms. The molecule has 1 aliphatic carbocycles. The van der Waals surface area contributed by atoms with Crippen LogP contribution in [0.25, 0.3) is 0 Å². The maximum Gasteiger partial charge on any atom is 0.416 e. The summed E-state index contributed by atoms with van der Waals surface area (Å²) in [6, 6.07) is 9.60. The number of benzene rings is 1. The third-order valence-corrected chi connectivity index (χ3v) is 4.87. The molecule has 0 saturated carbocycles. The van der Waals surface area contributed by atoms with Crippen LogP contribution in [0.4, 0.5) is 26.3 Å². The number of piperazine rings is 1. The second-order valence-electron chi connectivity index (χ2n) is 6.93. The Morgan fingerprint density at radius 1 is 1.00 bits per heavy atom. The zero-order valence-electron chi connectivity index (χ0n) is 14.4. The van der Waals surface area contributed by atoms with Gasteiger partial charge < -0.3 is 5.32 Å². The summed E-state index contributed by atoms with van der Waals surface area (Å²) >= 11 is 0. The Balaban J connectivity index is 1.72. The number of alkyl halides is 6. The zero-order chi connectivity index (χ0) is 19.7. The van der Waals surface area contributed by atoms with Crippen LogP contribution in [0.3, 0.4) is 0 Å². The summed E-state index contributed by atoms with van der Waals surface area (Å²) in [5.74, 6) is -0.822. The predicted octanol–water partition coefficient (Wildman–Crippen LogP) is 4.63. The molecule has 3 rings (SSSR count). The third kappa shape index (κ3) is 5.13. The quantitative estimate of drug-likeness (QED) is 0.757. The maximum absolute atomic E-state index is 13.1. The molecular formula is C19H20F6N2. The fraction of sp³-hybridized carbons (Fsp3) is 0.474. The van der Waals surface area contributed by atoms with E-state index in [1.165, 1.54) is 0 Å². The van der Waals surface area contributed by atoms with Gasteiger partial charge in [0.15, 0.2) is 0 Å². The first kappa shape index (κ1) is 19.9. The molecule has 2 unspecified atom stereocenters. The first-order valence-electron chi connectivity index (χ1n) is 8.70. The predicted molar refractivity (Wildman–Crippen MR) is 90.0 cm³/mol. The van der Waals surface area contributed by atoms with Gasteiger partial charge in [-0.3, -0.25) is 4.90 Å². The summed E-state index contributed by atoms with van der Waals surface area (Å²) in [4.78, 5) is 1.93. The molecule has 0 spiro atoms. The molecule has 0 amide bonds. The number of allylic oxidation sites excluding steroid dienone is 3. The standard InChI is InChI=1S/C19H20F6N2/c20-18(21,22)15-8-13(9-16(10-15)19(23,24)25)11-27-7-6-26-17(12-27)14-4-2-1-3-5-14/h1-5,8,10,13,17,26H,6-7,9,11-12H2. The molecule has 0 bridgehead atoms. The molecule has 0 aromatic heterocycles. The van der Waals surface area contributed by atoms with Gasteiger partial charge in [-0.2, -0.15) is 26.3 Å². The number of halogens is 6. The SMILES string of the molecule is FC(F)(F)C1=CC(CN2CCNC(c3ccccc3)C2)CC(C(F)(F)F)=C1. The Morgan fingerprint density at radius 3 is 2.33 bits per heavy atom. The normalized spacial score (nSPS) is 25.1. The average molecular weight is 390 g/mol. The lowest BCUT2D eigenvalue weighted by molar-refractivity contribution is -0.100. The van der Waals surface area contributed by atoms with Gasteiger partial charge in [-0.1, -0.05) is 36.4 Å². The van der Waals surface area contributed by atoms with E-state index in [4.69, 9.17) is 0 Å². The van der Waals surface area contributed by atoms with Crippen molar-refractivity contribution in [3.63, 3.8) is 0 Å². The Morgan fingerprint density at radius 2 is 1.70 bits per heavy atom. The van der Waals surface area contributed by atoms with E-state index in [0.717, 1.165) is 11.6 Å². The molecule has 1 aromatic rings. The van der Waals surface area contributed by atoms with Gasteiger partial charge in [0.1, 0.15) is 0 Å². The Hall–Kier alpha value is -1.80. The molecule has 1 aliphatic heterocycles. The summed E-state index contributed by atoms with van der Waals surface area (Å²) in [6.07, 6.45) is -8.79. The zero-order valence-corrected chi connectivity index (χ0v) is 14.4. The van der Waals surface area contributed by atoms with Crippen molar-refractivity contribution in [3.05, 3.63) is 59.2 Å². The highest BCUT2D eigenvalue weighted by molar-refractivity contribution is 5.35. The number of nitrogens with zero attached hydrogens (tertiary/aromatic N) is 1. The fourth-order valence-corrected chi connectivity index (χ4v) is 3.60. The van der Waals surface area contributed by atoms with Gasteiger partial charge in [-0.25, -0.2) is 0 Å². The monoisotopic (exact) mass is 390 g/mol. The molecule has 1 N–H and O–H groups in total. The topological polar surface area (TPSA) is 15.3 Å². The second kappa shape index (κ2) is 7.67. The highest BCUT2D eigenvalue weighted by Crippen LogP contribution is 2.40. The number of hydrogen-bond acceptors (Lipinski definition) is 2. The first-order chi connectivity index (χ1) is 12.6.